The van der Waals surface area contributed by atoms with E-state index in [1.54, 1.807) is 30.3 Å². The molecule has 1 aliphatic heterocycles. The lowest BCUT2D eigenvalue weighted by molar-refractivity contribution is -0.384. The van der Waals surface area contributed by atoms with Crippen LogP contribution in [0.2, 0.25) is 0 Å². The van der Waals surface area contributed by atoms with E-state index in [-0.39, 0.29) is 24.6 Å². The van der Waals surface area contributed by atoms with Crippen LogP contribution < -0.4 is 9.64 Å². The summed E-state index contributed by atoms with van der Waals surface area (Å²) in [4.78, 5) is 36.5. The highest BCUT2D eigenvalue weighted by molar-refractivity contribution is 6.07. The van der Waals surface area contributed by atoms with E-state index in [1.165, 1.54) is 30.2 Å². The normalized spacial score (nSPS) is 15.6. The average Bonchev–Trinajstić information content (AvgIpc) is 2.66. The first-order chi connectivity index (χ1) is 12.5. The van der Waals surface area contributed by atoms with Crippen LogP contribution in [0.1, 0.15) is 16.8 Å². The van der Waals surface area contributed by atoms with Gasteiger partial charge in [-0.05, 0) is 18.2 Å². The Balaban J connectivity index is 2.00. The van der Waals surface area contributed by atoms with E-state index in [0.717, 1.165) is 0 Å². The molecule has 0 aliphatic carbocycles. The number of hydrogen-bond acceptors (Lipinski definition) is 6. The van der Waals surface area contributed by atoms with Gasteiger partial charge in [0.15, 0.2) is 0 Å². The lowest BCUT2D eigenvalue weighted by Gasteiger charge is -2.34. The highest BCUT2D eigenvalue weighted by Gasteiger charge is 2.33. The second-order valence-electron chi connectivity index (χ2n) is 5.71. The second kappa shape index (κ2) is 7.22. The molecule has 8 heteroatoms. The highest BCUT2D eigenvalue weighted by atomic mass is 16.6. The summed E-state index contributed by atoms with van der Waals surface area (Å²) in [6.45, 7) is 0.0804. The number of methoxy groups -OCH3 is 1. The molecular formula is C18H16N2O6. The number of carbonyl (C=O) groups excluding carboxylic acids is 2. The highest BCUT2D eigenvalue weighted by Crippen LogP contribution is 2.37. The fourth-order valence-electron chi connectivity index (χ4n) is 2.75. The van der Waals surface area contributed by atoms with Crippen LogP contribution in [0.3, 0.4) is 0 Å². The van der Waals surface area contributed by atoms with Crippen LogP contribution in [0.5, 0.6) is 5.75 Å². The van der Waals surface area contributed by atoms with Crippen molar-refractivity contribution >= 4 is 23.3 Å². The Morgan fingerprint density at radius 2 is 2.00 bits per heavy atom. The Morgan fingerprint density at radius 1 is 1.27 bits per heavy atom. The number of amides is 1. The molecule has 8 nitrogen and oxygen atoms in total. The van der Waals surface area contributed by atoms with Gasteiger partial charge in [-0.25, -0.2) is 0 Å². The first-order valence-electron chi connectivity index (χ1n) is 7.88. The number of nitro groups is 1. The van der Waals surface area contributed by atoms with Gasteiger partial charge in [-0.1, -0.05) is 18.2 Å². The van der Waals surface area contributed by atoms with Crippen LogP contribution >= 0.6 is 0 Å². The van der Waals surface area contributed by atoms with Crippen molar-refractivity contribution in [2.45, 2.75) is 12.5 Å². The topological polar surface area (TPSA) is 99.0 Å². The number of nitrogens with zero attached hydrogens (tertiary/aromatic N) is 2. The smallest absolute Gasteiger partial charge is 0.309 e. The zero-order chi connectivity index (χ0) is 18.7. The van der Waals surface area contributed by atoms with Gasteiger partial charge in [0.05, 0.1) is 30.7 Å². The van der Waals surface area contributed by atoms with E-state index in [2.05, 4.69) is 4.74 Å². The zero-order valence-electron chi connectivity index (χ0n) is 14.0. The number of carbonyl (C=O) groups is 2. The number of ether oxygens (including phenoxy) is 2. The summed E-state index contributed by atoms with van der Waals surface area (Å²) in [6.07, 6.45) is -0.644. The van der Waals surface area contributed by atoms with Gasteiger partial charge in [-0.3, -0.25) is 19.7 Å². The maximum Gasteiger partial charge on any atom is 0.309 e. The predicted octanol–water partition coefficient (Wildman–Crippen LogP) is 2.57. The van der Waals surface area contributed by atoms with Crippen LogP contribution in [0, 0.1) is 10.1 Å². The molecule has 1 aliphatic rings. The van der Waals surface area contributed by atoms with Crippen molar-refractivity contribution in [2.75, 3.05) is 18.6 Å². The molecular weight excluding hydrogens is 340 g/mol. The fourth-order valence-corrected chi connectivity index (χ4v) is 2.75. The van der Waals surface area contributed by atoms with Crippen molar-refractivity contribution in [3.8, 4) is 5.75 Å². The average molecular weight is 356 g/mol. The Morgan fingerprint density at radius 3 is 2.65 bits per heavy atom. The van der Waals surface area contributed by atoms with Gasteiger partial charge in [-0.15, -0.1) is 0 Å². The molecule has 1 unspecified atom stereocenters. The molecule has 1 amide bonds. The van der Waals surface area contributed by atoms with Crippen molar-refractivity contribution in [3.05, 3.63) is 64.2 Å². The molecule has 1 atom stereocenters. The lowest BCUT2D eigenvalue weighted by atomic mass is 10.1. The Hall–Kier alpha value is -3.42. The number of nitro benzene ring substituents is 1. The minimum absolute atomic E-state index is 0.0362. The van der Waals surface area contributed by atoms with E-state index < -0.39 is 17.0 Å². The molecule has 2 aromatic rings. The maximum absolute atomic E-state index is 12.9. The second-order valence-corrected chi connectivity index (χ2v) is 5.71. The lowest BCUT2D eigenvalue weighted by Crippen LogP contribution is -2.44. The first-order valence-corrected chi connectivity index (χ1v) is 7.88. The molecule has 3 rings (SSSR count). The molecule has 2 aromatic carbocycles. The fraction of sp³-hybridized carbons (Fsp3) is 0.222. The molecule has 0 bridgehead atoms. The number of esters is 1. The quantitative estimate of drug-likeness (QED) is 0.474. The summed E-state index contributed by atoms with van der Waals surface area (Å²) in [5.74, 6) is -0.488. The van der Waals surface area contributed by atoms with Gasteiger partial charge >= 0.3 is 5.97 Å². The summed E-state index contributed by atoms with van der Waals surface area (Å²) in [7, 11) is 1.27. The van der Waals surface area contributed by atoms with E-state index in [4.69, 9.17) is 4.74 Å². The zero-order valence-corrected chi connectivity index (χ0v) is 14.0. The third-order valence-electron chi connectivity index (χ3n) is 4.01. The summed E-state index contributed by atoms with van der Waals surface area (Å²) in [5.41, 5.74) is 0.586. The summed E-state index contributed by atoms with van der Waals surface area (Å²) in [6, 6.07) is 12.6. The van der Waals surface area contributed by atoms with Gasteiger partial charge in [-0.2, -0.15) is 0 Å². The van der Waals surface area contributed by atoms with Crippen molar-refractivity contribution in [1.82, 2.24) is 0 Å². The van der Waals surface area contributed by atoms with Crippen LogP contribution in [0.15, 0.2) is 48.5 Å². The first kappa shape index (κ1) is 17.4. The third-order valence-corrected chi connectivity index (χ3v) is 4.01. The van der Waals surface area contributed by atoms with Crippen molar-refractivity contribution < 1.29 is 24.0 Å². The number of hydrogen-bond donors (Lipinski definition) is 0. The van der Waals surface area contributed by atoms with E-state index in [1.807, 2.05) is 0 Å². The molecule has 26 heavy (non-hydrogen) atoms. The van der Waals surface area contributed by atoms with Gasteiger partial charge in [0.1, 0.15) is 11.9 Å². The minimum atomic E-state index is -0.607. The predicted molar refractivity (Wildman–Crippen MR) is 92.3 cm³/mol. The summed E-state index contributed by atoms with van der Waals surface area (Å²) >= 11 is 0. The number of fused-ring (bicyclic) bond motifs is 1. The van der Waals surface area contributed by atoms with E-state index in [0.29, 0.717) is 17.0 Å². The van der Waals surface area contributed by atoms with E-state index in [9.17, 15) is 19.7 Å². The standard InChI is InChI=1S/C18H16N2O6/c1-25-17(21)10-14-11-19(18(22)12-5-3-2-4-6-12)15-9-13(20(23)24)7-8-16(15)26-14/h2-9,14H,10-11H2,1H3. The number of benzene rings is 2. The Kier molecular flexibility index (Phi) is 4.83. The SMILES string of the molecule is COC(=O)CC1CN(C(=O)c2ccccc2)c2cc([N+](=O)[O-])ccc2O1. The molecule has 0 aromatic heterocycles. The van der Waals surface area contributed by atoms with Gasteiger partial charge in [0, 0.05) is 17.7 Å². The van der Waals surface area contributed by atoms with Crippen molar-refractivity contribution in [1.29, 1.82) is 0 Å². The van der Waals surface area contributed by atoms with Crippen molar-refractivity contribution in [2.24, 2.45) is 0 Å². The van der Waals surface area contributed by atoms with Crippen LogP contribution in [-0.2, 0) is 9.53 Å². The number of anilines is 1. The summed E-state index contributed by atoms with van der Waals surface area (Å²) in [5, 5.41) is 11.1. The summed E-state index contributed by atoms with van der Waals surface area (Å²) < 4.78 is 10.4. The maximum atomic E-state index is 12.9. The largest absolute Gasteiger partial charge is 0.486 e. The number of rotatable bonds is 4. The van der Waals surface area contributed by atoms with Crippen LogP contribution in [0.4, 0.5) is 11.4 Å². The molecule has 1 heterocycles. The Labute approximate surface area is 149 Å². The van der Waals surface area contributed by atoms with Gasteiger partial charge in [0.2, 0.25) is 0 Å². The molecule has 134 valence electrons. The molecule has 0 spiro atoms. The molecule has 0 radical (unpaired) electrons. The van der Waals surface area contributed by atoms with Crippen molar-refractivity contribution in [3.63, 3.8) is 0 Å². The number of non-ortho nitro benzene ring substituents is 1. The third kappa shape index (κ3) is 3.49. The molecule has 0 saturated carbocycles. The molecule has 0 fully saturated rings. The van der Waals surface area contributed by atoms with Gasteiger partial charge in [0.25, 0.3) is 11.6 Å². The van der Waals surface area contributed by atoms with Gasteiger partial charge < -0.3 is 14.4 Å². The monoisotopic (exact) mass is 356 g/mol. The minimum Gasteiger partial charge on any atom is -0.486 e. The van der Waals surface area contributed by atoms with Crippen LogP contribution in [0.25, 0.3) is 0 Å². The van der Waals surface area contributed by atoms with E-state index >= 15 is 0 Å². The molecule has 0 N–H and O–H groups in total. The van der Waals surface area contributed by atoms with Crippen LogP contribution in [-0.4, -0.2) is 36.6 Å². The Bertz CT molecular complexity index is 852. The molecule has 0 saturated heterocycles.